The second-order valence-corrected chi connectivity index (χ2v) is 4.53. The molecule has 0 aliphatic rings. The molecule has 0 heterocycles. The molecule has 0 unspecified atom stereocenters. The number of benzene rings is 1. The molecule has 1 rings (SSSR count). The normalized spacial score (nSPS) is 12.7. The molecule has 0 bridgehead atoms. The molecule has 0 aliphatic carbocycles. The molecule has 130 valence electrons. The Morgan fingerprint density at radius 3 is 2.04 bits per heavy atom. The van der Waals surface area contributed by atoms with Crippen molar-refractivity contribution in [2.24, 2.45) is 0 Å². The number of nitrogens with one attached hydrogen (secondary N) is 2. The van der Waals surface area contributed by atoms with Gasteiger partial charge in [-0.25, -0.2) is 4.79 Å². The van der Waals surface area contributed by atoms with E-state index >= 15 is 0 Å². The molecule has 1 aromatic rings. The molecule has 10 heteroatoms. The third-order valence-corrected chi connectivity index (χ3v) is 3.18. The fourth-order valence-corrected chi connectivity index (χ4v) is 1.89. The summed E-state index contributed by atoms with van der Waals surface area (Å²) in [6, 6.07) is 3.96. The maximum atomic E-state index is 12.9. The van der Waals surface area contributed by atoms with Crippen molar-refractivity contribution in [2.75, 3.05) is 12.4 Å². The van der Waals surface area contributed by atoms with Crippen LogP contribution < -0.4 is 15.4 Å². The first-order valence-corrected chi connectivity index (χ1v) is 6.34. The van der Waals surface area contributed by atoms with Crippen molar-refractivity contribution >= 4 is 11.7 Å². The number of halogens is 6. The number of para-hydroxylation sites is 2. The smallest absolute Gasteiger partial charge is 0.420 e. The van der Waals surface area contributed by atoms with Crippen LogP contribution in [0.1, 0.15) is 13.3 Å². The van der Waals surface area contributed by atoms with Gasteiger partial charge < -0.3 is 15.4 Å². The van der Waals surface area contributed by atoms with Crippen LogP contribution in [0.15, 0.2) is 24.3 Å². The van der Waals surface area contributed by atoms with Crippen LogP contribution in [0.5, 0.6) is 5.75 Å². The number of urea groups is 1. The second kappa shape index (κ2) is 6.55. The number of rotatable bonds is 4. The quantitative estimate of drug-likeness (QED) is 0.809. The van der Waals surface area contributed by atoms with Crippen molar-refractivity contribution in [3.8, 4) is 5.75 Å². The van der Waals surface area contributed by atoms with Gasteiger partial charge in [0.15, 0.2) is 0 Å². The zero-order chi connectivity index (χ0) is 17.9. The molecule has 23 heavy (non-hydrogen) atoms. The van der Waals surface area contributed by atoms with Gasteiger partial charge in [-0.3, -0.25) is 0 Å². The van der Waals surface area contributed by atoms with Gasteiger partial charge in [0.2, 0.25) is 5.54 Å². The summed E-state index contributed by atoms with van der Waals surface area (Å²) in [6.45, 7) is 0.685. The average molecular weight is 344 g/mol. The maximum Gasteiger partial charge on any atom is 0.420 e. The zero-order valence-corrected chi connectivity index (χ0v) is 12.1. The van der Waals surface area contributed by atoms with Crippen LogP contribution >= 0.6 is 0 Å². The molecule has 2 amide bonds. The standard InChI is InChI=1S/C13H14F6N2O2/c1-3-11(12(14,15)16,13(17,18)19)21-10(22)20-8-6-4-5-7-9(8)23-2/h4-7H,3H2,1-2H3,(H2,20,21,22). The molecular formula is C13H14F6N2O2. The highest BCUT2D eigenvalue weighted by Crippen LogP contribution is 2.45. The van der Waals surface area contributed by atoms with Crippen LogP contribution in [0.25, 0.3) is 0 Å². The average Bonchev–Trinajstić information content (AvgIpc) is 2.42. The van der Waals surface area contributed by atoms with E-state index in [1.54, 1.807) is 0 Å². The predicted molar refractivity (Wildman–Crippen MR) is 70.3 cm³/mol. The summed E-state index contributed by atoms with van der Waals surface area (Å²) in [6.07, 6.45) is -12.8. The Labute approximate surface area is 127 Å². The molecule has 0 radical (unpaired) electrons. The number of amides is 2. The minimum atomic E-state index is -5.71. The van der Waals surface area contributed by atoms with Gasteiger partial charge in [0, 0.05) is 0 Å². The lowest BCUT2D eigenvalue weighted by molar-refractivity contribution is -0.304. The Kier molecular flexibility index (Phi) is 5.39. The molecule has 0 aromatic heterocycles. The number of anilines is 1. The molecule has 0 fully saturated rings. The lowest BCUT2D eigenvalue weighted by Crippen LogP contribution is -2.67. The third kappa shape index (κ3) is 3.80. The van der Waals surface area contributed by atoms with Gasteiger partial charge in [-0.1, -0.05) is 19.1 Å². The summed E-state index contributed by atoms with van der Waals surface area (Å²) in [4.78, 5) is 11.7. The van der Waals surface area contributed by atoms with Crippen molar-refractivity contribution < 1.29 is 35.9 Å². The Balaban J connectivity index is 3.08. The Bertz CT molecular complexity index is 542. The highest BCUT2D eigenvalue weighted by molar-refractivity contribution is 5.91. The molecule has 0 saturated carbocycles. The Hall–Kier alpha value is -2.13. The van der Waals surface area contributed by atoms with E-state index in [2.05, 4.69) is 0 Å². The first-order chi connectivity index (χ1) is 10.5. The highest BCUT2D eigenvalue weighted by Gasteiger charge is 2.70. The Morgan fingerprint density at radius 1 is 1.09 bits per heavy atom. The van der Waals surface area contributed by atoms with Gasteiger partial charge in [0.05, 0.1) is 12.8 Å². The fraction of sp³-hybridized carbons (Fsp3) is 0.462. The molecule has 0 atom stereocenters. The first-order valence-electron chi connectivity index (χ1n) is 6.34. The van der Waals surface area contributed by atoms with Gasteiger partial charge in [-0.05, 0) is 18.6 Å². The maximum absolute atomic E-state index is 12.9. The summed E-state index contributed by atoms with van der Waals surface area (Å²) in [7, 11) is 1.24. The molecule has 0 saturated heterocycles. The molecule has 4 nitrogen and oxygen atoms in total. The number of alkyl halides is 6. The number of ether oxygens (including phenoxy) is 1. The van der Waals surface area contributed by atoms with Crippen molar-refractivity contribution in [3.05, 3.63) is 24.3 Å². The molecular weight excluding hydrogens is 330 g/mol. The first kappa shape index (κ1) is 18.9. The SMILES string of the molecule is CCC(NC(=O)Nc1ccccc1OC)(C(F)(F)F)C(F)(F)F. The predicted octanol–water partition coefficient (Wildman–Crippen LogP) is 4.09. The van der Waals surface area contributed by atoms with Crippen LogP contribution in [0, 0.1) is 0 Å². The van der Waals surface area contributed by atoms with Crippen LogP contribution in [0.4, 0.5) is 36.8 Å². The summed E-state index contributed by atoms with van der Waals surface area (Å²) < 4.78 is 82.4. The summed E-state index contributed by atoms with van der Waals surface area (Å²) in [5.74, 6) is 0.0868. The minimum Gasteiger partial charge on any atom is -0.495 e. The number of carbonyl (C=O) groups excluding carboxylic acids is 1. The number of methoxy groups -OCH3 is 1. The monoisotopic (exact) mass is 344 g/mol. The van der Waals surface area contributed by atoms with Crippen LogP contribution in [0.2, 0.25) is 0 Å². The second-order valence-electron chi connectivity index (χ2n) is 4.53. The molecule has 1 aromatic carbocycles. The van der Waals surface area contributed by atoms with Crippen molar-refractivity contribution in [1.82, 2.24) is 5.32 Å². The van der Waals surface area contributed by atoms with Crippen molar-refractivity contribution in [1.29, 1.82) is 0 Å². The Morgan fingerprint density at radius 2 is 1.61 bits per heavy atom. The van der Waals surface area contributed by atoms with Crippen LogP contribution in [-0.4, -0.2) is 31.0 Å². The lowest BCUT2D eigenvalue weighted by atomic mass is 9.94. The lowest BCUT2D eigenvalue weighted by Gasteiger charge is -2.37. The van der Waals surface area contributed by atoms with Gasteiger partial charge >= 0.3 is 18.4 Å². The van der Waals surface area contributed by atoms with E-state index in [0.717, 1.165) is 5.32 Å². The van der Waals surface area contributed by atoms with Crippen LogP contribution in [0.3, 0.4) is 0 Å². The number of hydrogen-bond acceptors (Lipinski definition) is 2. The van der Waals surface area contributed by atoms with E-state index < -0.39 is 30.3 Å². The van der Waals surface area contributed by atoms with Crippen LogP contribution in [-0.2, 0) is 0 Å². The van der Waals surface area contributed by atoms with E-state index in [0.29, 0.717) is 6.92 Å². The van der Waals surface area contributed by atoms with Crippen molar-refractivity contribution in [2.45, 2.75) is 31.2 Å². The summed E-state index contributed by atoms with van der Waals surface area (Å²) in [5, 5.41) is 2.92. The summed E-state index contributed by atoms with van der Waals surface area (Å²) in [5.41, 5.74) is -4.41. The van der Waals surface area contributed by atoms with E-state index in [-0.39, 0.29) is 11.4 Å². The molecule has 0 spiro atoms. The molecule has 0 aliphatic heterocycles. The number of carbonyl (C=O) groups is 1. The number of hydrogen-bond donors (Lipinski definition) is 2. The fourth-order valence-electron chi connectivity index (χ4n) is 1.89. The van der Waals surface area contributed by atoms with Gasteiger partial charge in [-0.2, -0.15) is 26.3 Å². The van der Waals surface area contributed by atoms with Gasteiger partial charge in [-0.15, -0.1) is 0 Å². The van der Waals surface area contributed by atoms with E-state index in [1.165, 1.54) is 31.4 Å². The third-order valence-electron chi connectivity index (χ3n) is 3.18. The summed E-state index contributed by atoms with van der Waals surface area (Å²) >= 11 is 0. The van der Waals surface area contributed by atoms with E-state index in [9.17, 15) is 31.1 Å². The molecule has 2 N–H and O–H groups in total. The highest BCUT2D eigenvalue weighted by atomic mass is 19.4. The topological polar surface area (TPSA) is 50.4 Å². The largest absolute Gasteiger partial charge is 0.495 e. The van der Waals surface area contributed by atoms with Gasteiger partial charge in [0.25, 0.3) is 0 Å². The van der Waals surface area contributed by atoms with Crippen molar-refractivity contribution in [3.63, 3.8) is 0 Å². The van der Waals surface area contributed by atoms with E-state index in [1.807, 2.05) is 5.32 Å². The van der Waals surface area contributed by atoms with Gasteiger partial charge in [0.1, 0.15) is 5.75 Å². The zero-order valence-electron chi connectivity index (χ0n) is 12.1. The minimum absolute atomic E-state index is 0.0677. The van der Waals surface area contributed by atoms with E-state index in [4.69, 9.17) is 4.74 Å².